The van der Waals surface area contributed by atoms with Crippen molar-refractivity contribution in [3.8, 4) is 11.3 Å². The van der Waals surface area contributed by atoms with Crippen molar-refractivity contribution >= 4 is 22.5 Å². The summed E-state index contributed by atoms with van der Waals surface area (Å²) in [6, 6.07) is 7.91. The molecule has 0 saturated heterocycles. The molecule has 2 N–H and O–H groups in total. The van der Waals surface area contributed by atoms with E-state index in [1.165, 1.54) is 0 Å². The predicted octanol–water partition coefficient (Wildman–Crippen LogP) is 2.77. The molecule has 27 heavy (non-hydrogen) atoms. The molecule has 4 rings (SSSR count). The first kappa shape index (κ1) is 17.6. The molecule has 1 aliphatic rings. The fourth-order valence-electron chi connectivity index (χ4n) is 3.68. The van der Waals surface area contributed by atoms with Gasteiger partial charge in [0, 0.05) is 36.7 Å². The number of aryl methyl sites for hydroxylation is 1. The van der Waals surface area contributed by atoms with Crippen LogP contribution in [0.4, 0.5) is 5.82 Å². The van der Waals surface area contributed by atoms with E-state index < -0.39 is 0 Å². The summed E-state index contributed by atoms with van der Waals surface area (Å²) in [4.78, 5) is 16.9. The van der Waals surface area contributed by atoms with Gasteiger partial charge in [0.25, 0.3) is 0 Å². The molecule has 7 heteroatoms. The second-order valence-electron chi connectivity index (χ2n) is 7.30. The van der Waals surface area contributed by atoms with Crippen molar-refractivity contribution < 1.29 is 9.90 Å². The number of nitrogens with one attached hydrogen (secondary N) is 1. The van der Waals surface area contributed by atoms with Crippen LogP contribution < -0.4 is 5.32 Å². The number of aromatic nitrogens is 4. The number of fused-ring (bicyclic) bond motifs is 1. The quantitative estimate of drug-likeness (QED) is 0.742. The third kappa shape index (κ3) is 3.83. The van der Waals surface area contributed by atoms with Crippen LogP contribution in [0.1, 0.15) is 25.7 Å². The Kier molecular flexibility index (Phi) is 4.85. The predicted molar refractivity (Wildman–Crippen MR) is 103 cm³/mol. The van der Waals surface area contributed by atoms with Crippen molar-refractivity contribution in [2.75, 3.05) is 11.9 Å². The minimum absolute atomic E-state index is 0.00350. The van der Waals surface area contributed by atoms with Gasteiger partial charge in [-0.25, -0.2) is 4.98 Å². The smallest absolute Gasteiger partial charge is 0.228 e. The van der Waals surface area contributed by atoms with Gasteiger partial charge in [0.1, 0.15) is 11.5 Å². The molecule has 1 fully saturated rings. The SMILES string of the molecule is Cn1cc(-c2ccc3cnc(NC(=O)C4CCC(CO)CC4)cc3c2)nn1. The van der Waals surface area contributed by atoms with Crippen LogP contribution >= 0.6 is 0 Å². The number of pyridine rings is 1. The number of carbonyl (C=O) groups excluding carboxylic acids is 1. The molecule has 2 heterocycles. The number of anilines is 1. The summed E-state index contributed by atoms with van der Waals surface area (Å²) < 4.78 is 1.67. The molecule has 0 atom stereocenters. The molecular weight excluding hydrogens is 342 g/mol. The molecule has 0 aliphatic heterocycles. The van der Waals surface area contributed by atoms with Gasteiger partial charge in [0.2, 0.25) is 5.91 Å². The Morgan fingerprint density at radius 3 is 2.74 bits per heavy atom. The van der Waals surface area contributed by atoms with E-state index in [1.807, 2.05) is 37.5 Å². The van der Waals surface area contributed by atoms with Gasteiger partial charge in [-0.1, -0.05) is 17.3 Å². The second kappa shape index (κ2) is 7.44. The summed E-state index contributed by atoms with van der Waals surface area (Å²) in [6.07, 6.45) is 7.09. The summed E-state index contributed by atoms with van der Waals surface area (Å²) >= 11 is 0. The average Bonchev–Trinajstić information content (AvgIpc) is 3.14. The molecular formula is C20H23N5O2. The number of hydrogen-bond acceptors (Lipinski definition) is 5. The van der Waals surface area contributed by atoms with Crippen LogP contribution in [-0.4, -0.2) is 37.6 Å². The normalized spacial score (nSPS) is 19.9. The largest absolute Gasteiger partial charge is 0.396 e. The van der Waals surface area contributed by atoms with Crippen LogP contribution in [0, 0.1) is 11.8 Å². The van der Waals surface area contributed by atoms with E-state index in [9.17, 15) is 9.90 Å². The van der Waals surface area contributed by atoms with Crippen molar-refractivity contribution in [2.24, 2.45) is 18.9 Å². The first-order valence-corrected chi connectivity index (χ1v) is 9.30. The van der Waals surface area contributed by atoms with Crippen LogP contribution in [0.3, 0.4) is 0 Å². The van der Waals surface area contributed by atoms with Crippen LogP contribution in [-0.2, 0) is 11.8 Å². The third-order valence-corrected chi connectivity index (χ3v) is 5.35. The highest BCUT2D eigenvalue weighted by molar-refractivity contribution is 5.95. The fraction of sp³-hybridized carbons (Fsp3) is 0.400. The minimum atomic E-state index is -0.00350. The maximum absolute atomic E-state index is 12.6. The molecule has 0 bridgehead atoms. The zero-order valence-electron chi connectivity index (χ0n) is 15.3. The Morgan fingerprint density at radius 2 is 2.04 bits per heavy atom. The molecule has 7 nitrogen and oxygen atoms in total. The standard InChI is InChI=1S/C20H23N5O2/c1-25-11-18(23-24-25)15-6-7-16-10-21-19(9-17(16)8-15)22-20(27)14-4-2-13(12-26)3-5-14/h6-11,13-14,26H,2-5,12H2,1H3,(H,21,22,27). The summed E-state index contributed by atoms with van der Waals surface area (Å²) in [5.41, 5.74) is 1.78. The maximum Gasteiger partial charge on any atom is 0.228 e. The number of benzene rings is 1. The van der Waals surface area contributed by atoms with Gasteiger partial charge >= 0.3 is 0 Å². The Bertz CT molecular complexity index is 960. The number of aliphatic hydroxyl groups is 1. The number of nitrogens with zero attached hydrogens (tertiary/aromatic N) is 4. The molecule has 1 amide bonds. The zero-order valence-corrected chi connectivity index (χ0v) is 15.3. The van der Waals surface area contributed by atoms with E-state index >= 15 is 0 Å². The van der Waals surface area contributed by atoms with E-state index in [0.29, 0.717) is 11.7 Å². The van der Waals surface area contributed by atoms with Crippen molar-refractivity contribution in [1.29, 1.82) is 0 Å². The van der Waals surface area contributed by atoms with Gasteiger partial charge in [-0.3, -0.25) is 9.48 Å². The number of amides is 1. The van der Waals surface area contributed by atoms with Crippen LogP contribution in [0.2, 0.25) is 0 Å². The molecule has 0 spiro atoms. The second-order valence-corrected chi connectivity index (χ2v) is 7.30. The first-order chi connectivity index (χ1) is 13.1. The van der Waals surface area contributed by atoms with Gasteiger partial charge in [-0.2, -0.15) is 0 Å². The van der Waals surface area contributed by atoms with Crippen molar-refractivity contribution in [3.63, 3.8) is 0 Å². The maximum atomic E-state index is 12.6. The lowest BCUT2D eigenvalue weighted by molar-refractivity contribution is -0.121. The number of aliphatic hydroxyl groups excluding tert-OH is 1. The monoisotopic (exact) mass is 365 g/mol. The molecule has 2 aromatic heterocycles. The van der Waals surface area contributed by atoms with E-state index in [1.54, 1.807) is 10.9 Å². The van der Waals surface area contributed by atoms with Gasteiger partial charge in [0.05, 0.1) is 6.20 Å². The van der Waals surface area contributed by atoms with E-state index in [2.05, 4.69) is 20.6 Å². The molecule has 3 aromatic rings. The Hall–Kier alpha value is -2.80. The topological polar surface area (TPSA) is 92.9 Å². The summed E-state index contributed by atoms with van der Waals surface area (Å²) in [6.45, 7) is 0.217. The van der Waals surface area contributed by atoms with E-state index in [4.69, 9.17) is 0 Å². The lowest BCUT2D eigenvalue weighted by atomic mass is 9.82. The lowest BCUT2D eigenvalue weighted by Gasteiger charge is -2.26. The summed E-state index contributed by atoms with van der Waals surface area (Å²) in [5, 5.41) is 22.3. The van der Waals surface area contributed by atoms with Crippen LogP contribution in [0.15, 0.2) is 36.7 Å². The Morgan fingerprint density at radius 1 is 1.22 bits per heavy atom. The summed E-state index contributed by atoms with van der Waals surface area (Å²) in [7, 11) is 1.84. The van der Waals surface area contributed by atoms with Crippen LogP contribution in [0.5, 0.6) is 0 Å². The number of carbonyl (C=O) groups is 1. The Balaban J connectivity index is 1.51. The molecule has 1 aliphatic carbocycles. The molecule has 1 aromatic carbocycles. The highest BCUT2D eigenvalue weighted by Gasteiger charge is 2.26. The van der Waals surface area contributed by atoms with Crippen molar-refractivity contribution in [2.45, 2.75) is 25.7 Å². The van der Waals surface area contributed by atoms with Gasteiger partial charge in [-0.15, -0.1) is 5.10 Å². The molecule has 140 valence electrons. The van der Waals surface area contributed by atoms with E-state index in [0.717, 1.165) is 47.7 Å². The number of hydrogen-bond donors (Lipinski definition) is 2. The van der Waals surface area contributed by atoms with Gasteiger partial charge in [-0.05, 0) is 49.1 Å². The summed E-state index contributed by atoms with van der Waals surface area (Å²) in [5.74, 6) is 0.917. The minimum Gasteiger partial charge on any atom is -0.396 e. The molecule has 1 saturated carbocycles. The van der Waals surface area contributed by atoms with E-state index in [-0.39, 0.29) is 18.4 Å². The molecule has 0 radical (unpaired) electrons. The highest BCUT2D eigenvalue weighted by Crippen LogP contribution is 2.30. The zero-order chi connectivity index (χ0) is 18.8. The number of rotatable bonds is 4. The third-order valence-electron chi connectivity index (χ3n) is 5.35. The van der Waals surface area contributed by atoms with Gasteiger partial charge in [0.15, 0.2) is 0 Å². The van der Waals surface area contributed by atoms with Crippen molar-refractivity contribution in [3.05, 3.63) is 36.7 Å². The van der Waals surface area contributed by atoms with Gasteiger partial charge < -0.3 is 10.4 Å². The first-order valence-electron chi connectivity index (χ1n) is 9.30. The highest BCUT2D eigenvalue weighted by atomic mass is 16.3. The average molecular weight is 365 g/mol. The van der Waals surface area contributed by atoms with Crippen LogP contribution in [0.25, 0.3) is 22.0 Å². The van der Waals surface area contributed by atoms with Crippen molar-refractivity contribution in [1.82, 2.24) is 20.0 Å². The molecule has 0 unspecified atom stereocenters. The lowest BCUT2D eigenvalue weighted by Crippen LogP contribution is -2.28. The fourth-order valence-corrected chi connectivity index (χ4v) is 3.68. The Labute approximate surface area is 157 Å².